The topological polar surface area (TPSA) is 62.8 Å². The predicted octanol–water partition coefficient (Wildman–Crippen LogP) is 3.39. The molecule has 0 spiro atoms. The predicted molar refractivity (Wildman–Crippen MR) is 120 cm³/mol. The Balaban J connectivity index is 1.53. The summed E-state index contributed by atoms with van der Waals surface area (Å²) in [5, 5.41) is 6.57. The minimum atomic E-state index is -0.130. The Bertz CT molecular complexity index is 802. The number of morpholine rings is 1. The minimum absolute atomic E-state index is 0.130. The highest BCUT2D eigenvalue weighted by Gasteiger charge is 2.23. The summed E-state index contributed by atoms with van der Waals surface area (Å²) in [6, 6.07) is 15.6. The second-order valence-electron chi connectivity index (χ2n) is 7.97. The van der Waals surface area contributed by atoms with E-state index in [-0.39, 0.29) is 5.91 Å². The van der Waals surface area contributed by atoms with Crippen molar-refractivity contribution >= 4 is 11.6 Å². The molecular weight excluding hydrogens is 378 g/mol. The maximum absolute atomic E-state index is 12.5. The SMILES string of the molecule is COc1ccc(C(=O)Nc2cccc(CNCC(C(C)C)N3CCOCC3)c2)cc1. The van der Waals surface area contributed by atoms with Crippen LogP contribution in [0, 0.1) is 5.92 Å². The van der Waals surface area contributed by atoms with Crippen LogP contribution in [0.4, 0.5) is 5.69 Å². The molecule has 1 heterocycles. The number of anilines is 1. The van der Waals surface area contributed by atoms with Crippen LogP contribution >= 0.6 is 0 Å². The van der Waals surface area contributed by atoms with Crippen molar-refractivity contribution in [1.29, 1.82) is 0 Å². The monoisotopic (exact) mass is 411 g/mol. The van der Waals surface area contributed by atoms with Gasteiger partial charge >= 0.3 is 0 Å². The van der Waals surface area contributed by atoms with E-state index < -0.39 is 0 Å². The van der Waals surface area contributed by atoms with E-state index in [0.29, 0.717) is 17.5 Å². The molecule has 1 unspecified atom stereocenters. The van der Waals surface area contributed by atoms with Crippen LogP contribution in [0.25, 0.3) is 0 Å². The molecule has 0 radical (unpaired) electrons. The summed E-state index contributed by atoms with van der Waals surface area (Å²) in [6.07, 6.45) is 0. The van der Waals surface area contributed by atoms with Crippen LogP contribution < -0.4 is 15.4 Å². The third-order valence-electron chi connectivity index (χ3n) is 5.50. The zero-order valence-electron chi connectivity index (χ0n) is 18.2. The first-order valence-corrected chi connectivity index (χ1v) is 10.6. The molecule has 1 saturated heterocycles. The van der Waals surface area contributed by atoms with Gasteiger partial charge in [0.2, 0.25) is 0 Å². The first-order valence-electron chi connectivity index (χ1n) is 10.6. The molecule has 0 bridgehead atoms. The van der Waals surface area contributed by atoms with Gasteiger partial charge in [-0.25, -0.2) is 0 Å². The Labute approximate surface area is 179 Å². The summed E-state index contributed by atoms with van der Waals surface area (Å²) in [4.78, 5) is 15.0. The summed E-state index contributed by atoms with van der Waals surface area (Å²) in [6.45, 7) is 9.88. The quantitative estimate of drug-likeness (QED) is 0.662. The van der Waals surface area contributed by atoms with Gasteiger partial charge in [-0.05, 0) is 47.9 Å². The van der Waals surface area contributed by atoms with Crippen molar-refractivity contribution in [2.45, 2.75) is 26.4 Å². The first-order chi connectivity index (χ1) is 14.6. The zero-order valence-corrected chi connectivity index (χ0v) is 18.2. The van der Waals surface area contributed by atoms with E-state index in [1.807, 2.05) is 18.2 Å². The fraction of sp³-hybridized carbons (Fsp3) is 0.458. The van der Waals surface area contributed by atoms with Gasteiger partial charge in [-0.1, -0.05) is 26.0 Å². The van der Waals surface area contributed by atoms with Crippen molar-refractivity contribution in [1.82, 2.24) is 10.2 Å². The van der Waals surface area contributed by atoms with Gasteiger partial charge in [0.05, 0.1) is 20.3 Å². The highest BCUT2D eigenvalue weighted by Crippen LogP contribution is 2.16. The van der Waals surface area contributed by atoms with Crippen molar-refractivity contribution in [3.63, 3.8) is 0 Å². The van der Waals surface area contributed by atoms with Gasteiger partial charge in [-0.3, -0.25) is 9.69 Å². The Morgan fingerprint density at radius 2 is 1.87 bits per heavy atom. The molecule has 0 aliphatic carbocycles. The molecule has 1 aliphatic heterocycles. The fourth-order valence-corrected chi connectivity index (χ4v) is 3.76. The third-order valence-corrected chi connectivity index (χ3v) is 5.50. The molecule has 2 aromatic rings. The van der Waals surface area contributed by atoms with Gasteiger partial charge < -0.3 is 20.1 Å². The number of hydrogen-bond donors (Lipinski definition) is 2. The first kappa shape index (κ1) is 22.3. The van der Waals surface area contributed by atoms with E-state index >= 15 is 0 Å². The molecule has 2 aromatic carbocycles. The average Bonchev–Trinajstić information content (AvgIpc) is 2.77. The molecular formula is C24H33N3O3. The standard InChI is InChI=1S/C24H33N3O3/c1-18(2)23(27-11-13-30-14-12-27)17-25-16-19-5-4-6-21(15-19)26-24(28)20-7-9-22(29-3)10-8-20/h4-10,15,18,23,25H,11-14,16-17H2,1-3H3,(H,26,28). The van der Waals surface area contributed by atoms with Crippen LogP contribution in [0.3, 0.4) is 0 Å². The Kier molecular flexibility index (Phi) is 8.25. The number of methoxy groups -OCH3 is 1. The van der Waals surface area contributed by atoms with Crippen molar-refractivity contribution in [2.75, 3.05) is 45.3 Å². The number of carbonyl (C=O) groups is 1. The molecule has 6 heteroatoms. The lowest BCUT2D eigenvalue weighted by atomic mass is 10.0. The maximum Gasteiger partial charge on any atom is 0.255 e. The Morgan fingerprint density at radius 3 is 2.53 bits per heavy atom. The zero-order chi connectivity index (χ0) is 21.3. The molecule has 1 aliphatic rings. The number of benzene rings is 2. The van der Waals surface area contributed by atoms with Gasteiger partial charge in [0.1, 0.15) is 5.75 Å². The van der Waals surface area contributed by atoms with Crippen molar-refractivity contribution < 1.29 is 14.3 Å². The van der Waals surface area contributed by atoms with Crippen LogP contribution in [0.5, 0.6) is 5.75 Å². The lowest BCUT2D eigenvalue weighted by molar-refractivity contribution is 0.00648. The number of nitrogens with one attached hydrogen (secondary N) is 2. The van der Waals surface area contributed by atoms with Crippen molar-refractivity contribution in [3.8, 4) is 5.75 Å². The number of rotatable bonds is 9. The molecule has 0 saturated carbocycles. The van der Waals surface area contributed by atoms with Crippen LogP contribution in [0.15, 0.2) is 48.5 Å². The molecule has 6 nitrogen and oxygen atoms in total. The third kappa shape index (κ3) is 6.29. The molecule has 1 amide bonds. The number of ether oxygens (including phenoxy) is 2. The highest BCUT2D eigenvalue weighted by atomic mass is 16.5. The van der Waals surface area contributed by atoms with Gasteiger partial charge in [-0.15, -0.1) is 0 Å². The summed E-state index contributed by atoms with van der Waals surface area (Å²) < 4.78 is 10.6. The van der Waals surface area contributed by atoms with Gasteiger partial charge in [0, 0.05) is 43.5 Å². The Morgan fingerprint density at radius 1 is 1.13 bits per heavy atom. The second kappa shape index (κ2) is 11.1. The molecule has 1 fully saturated rings. The van der Waals surface area contributed by atoms with Gasteiger partial charge in [0.25, 0.3) is 5.91 Å². The van der Waals surface area contributed by atoms with Gasteiger partial charge in [-0.2, -0.15) is 0 Å². The number of carbonyl (C=O) groups excluding carboxylic acids is 1. The van der Waals surface area contributed by atoms with Crippen LogP contribution in [-0.4, -0.2) is 56.8 Å². The highest BCUT2D eigenvalue weighted by molar-refractivity contribution is 6.04. The average molecular weight is 412 g/mol. The second-order valence-corrected chi connectivity index (χ2v) is 7.97. The minimum Gasteiger partial charge on any atom is -0.497 e. The van der Waals surface area contributed by atoms with E-state index in [1.165, 1.54) is 0 Å². The summed E-state index contributed by atoms with van der Waals surface area (Å²) in [5.74, 6) is 1.18. The maximum atomic E-state index is 12.5. The van der Waals surface area contributed by atoms with E-state index in [4.69, 9.17) is 9.47 Å². The lowest BCUT2D eigenvalue weighted by Crippen LogP contribution is -2.50. The molecule has 162 valence electrons. The lowest BCUT2D eigenvalue weighted by Gasteiger charge is -2.37. The molecule has 3 rings (SSSR count). The van der Waals surface area contributed by atoms with Gasteiger partial charge in [0.15, 0.2) is 0 Å². The van der Waals surface area contributed by atoms with E-state index in [2.05, 4.69) is 35.4 Å². The van der Waals surface area contributed by atoms with E-state index in [1.54, 1.807) is 31.4 Å². The van der Waals surface area contributed by atoms with E-state index in [0.717, 1.165) is 56.4 Å². The summed E-state index contributed by atoms with van der Waals surface area (Å²) >= 11 is 0. The molecule has 2 N–H and O–H groups in total. The van der Waals surface area contributed by atoms with E-state index in [9.17, 15) is 4.79 Å². The van der Waals surface area contributed by atoms with Crippen molar-refractivity contribution in [2.24, 2.45) is 5.92 Å². The van der Waals surface area contributed by atoms with Crippen LogP contribution in [0.1, 0.15) is 29.8 Å². The number of amides is 1. The summed E-state index contributed by atoms with van der Waals surface area (Å²) in [5.41, 5.74) is 2.54. The Hall–Kier alpha value is -2.41. The smallest absolute Gasteiger partial charge is 0.255 e. The van der Waals surface area contributed by atoms with Crippen LogP contribution in [0.2, 0.25) is 0 Å². The fourth-order valence-electron chi connectivity index (χ4n) is 3.76. The summed E-state index contributed by atoms with van der Waals surface area (Å²) in [7, 11) is 1.61. The largest absolute Gasteiger partial charge is 0.497 e. The van der Waals surface area contributed by atoms with Crippen molar-refractivity contribution in [3.05, 3.63) is 59.7 Å². The number of hydrogen-bond acceptors (Lipinski definition) is 5. The van der Waals surface area contributed by atoms with Crippen LogP contribution in [-0.2, 0) is 11.3 Å². The number of nitrogens with zero attached hydrogens (tertiary/aromatic N) is 1. The normalized spacial score (nSPS) is 15.7. The molecule has 1 atom stereocenters. The molecule has 30 heavy (non-hydrogen) atoms. The molecule has 0 aromatic heterocycles.